The maximum atomic E-state index is 13.0. The molecule has 0 atom stereocenters. The van der Waals surface area contributed by atoms with Crippen molar-refractivity contribution in [3.8, 4) is 28.4 Å². The molecule has 5 nitrogen and oxygen atoms in total. The highest BCUT2D eigenvalue weighted by atomic mass is 16.5. The van der Waals surface area contributed by atoms with Gasteiger partial charge in [0.15, 0.2) is 11.5 Å². The predicted molar refractivity (Wildman–Crippen MR) is 112 cm³/mol. The molecule has 3 aromatic carbocycles. The summed E-state index contributed by atoms with van der Waals surface area (Å²) in [6.07, 6.45) is 0. The van der Waals surface area contributed by atoms with E-state index in [1.54, 1.807) is 24.1 Å². The monoisotopic (exact) mass is 389 g/mol. The van der Waals surface area contributed by atoms with E-state index in [4.69, 9.17) is 9.47 Å². The van der Waals surface area contributed by atoms with Crippen LogP contribution in [0.3, 0.4) is 0 Å². The van der Waals surface area contributed by atoms with Crippen molar-refractivity contribution in [3.05, 3.63) is 77.4 Å². The van der Waals surface area contributed by atoms with Gasteiger partial charge in [-0.1, -0.05) is 29.8 Å². The maximum absolute atomic E-state index is 13.0. The highest BCUT2D eigenvalue weighted by Crippen LogP contribution is 2.38. The van der Waals surface area contributed by atoms with Gasteiger partial charge in [-0.15, -0.1) is 0 Å². The minimum absolute atomic E-state index is 0.0962. The average molecular weight is 389 g/mol. The number of rotatable bonds is 3. The second kappa shape index (κ2) is 7.87. The van der Waals surface area contributed by atoms with Gasteiger partial charge in [-0.25, -0.2) is 0 Å². The van der Waals surface area contributed by atoms with E-state index in [1.165, 1.54) is 17.7 Å². The van der Waals surface area contributed by atoms with Crippen LogP contribution in [0, 0.1) is 6.92 Å². The Labute approximate surface area is 170 Å². The minimum atomic E-state index is -0.0962. The predicted octanol–water partition coefficient (Wildman–Crippen LogP) is 4.41. The normalized spacial score (nSPS) is 13.2. The van der Waals surface area contributed by atoms with Gasteiger partial charge in [0.1, 0.15) is 12.4 Å². The first kappa shape index (κ1) is 18.9. The van der Waals surface area contributed by atoms with Gasteiger partial charge < -0.3 is 19.5 Å². The van der Waals surface area contributed by atoms with Gasteiger partial charge in [0.2, 0.25) is 0 Å². The van der Waals surface area contributed by atoms with E-state index in [1.807, 2.05) is 6.07 Å². The van der Waals surface area contributed by atoms with Crippen LogP contribution >= 0.6 is 0 Å². The fourth-order valence-electron chi connectivity index (χ4n) is 3.51. The van der Waals surface area contributed by atoms with Crippen LogP contribution in [0.4, 0.5) is 0 Å². The standard InChI is InChI=1S/C24H23NO4/c1-16-3-5-17(6-4-16)19-13-20-15-25(11-12-29-23(20)22(14-19)28-2)24(27)18-7-9-21(26)10-8-18/h3-10,13-14,26H,11-12,15H2,1-2H3. The van der Waals surface area contributed by atoms with Crippen molar-refractivity contribution in [3.63, 3.8) is 0 Å². The van der Waals surface area contributed by atoms with E-state index < -0.39 is 0 Å². The number of ether oxygens (including phenoxy) is 2. The third-order valence-electron chi connectivity index (χ3n) is 5.11. The number of aromatic hydroxyl groups is 1. The third kappa shape index (κ3) is 3.90. The van der Waals surface area contributed by atoms with Crippen LogP contribution in [0.1, 0.15) is 21.5 Å². The number of nitrogens with zero attached hydrogens (tertiary/aromatic N) is 1. The molecule has 1 aliphatic heterocycles. The van der Waals surface area contributed by atoms with Gasteiger partial charge in [-0.2, -0.15) is 0 Å². The molecule has 0 aliphatic carbocycles. The number of aryl methyl sites for hydroxylation is 1. The van der Waals surface area contributed by atoms with Gasteiger partial charge in [0, 0.05) is 17.7 Å². The zero-order valence-corrected chi connectivity index (χ0v) is 16.5. The topological polar surface area (TPSA) is 59.0 Å². The van der Waals surface area contributed by atoms with E-state index in [2.05, 4.69) is 37.3 Å². The zero-order chi connectivity index (χ0) is 20.4. The molecular formula is C24H23NO4. The first-order chi connectivity index (χ1) is 14.0. The molecule has 0 radical (unpaired) electrons. The van der Waals surface area contributed by atoms with Gasteiger partial charge in [0.25, 0.3) is 5.91 Å². The lowest BCUT2D eigenvalue weighted by molar-refractivity contribution is 0.0733. The molecule has 0 saturated heterocycles. The van der Waals surface area contributed by atoms with Gasteiger partial charge >= 0.3 is 0 Å². The zero-order valence-electron chi connectivity index (χ0n) is 16.5. The Bertz CT molecular complexity index is 1030. The minimum Gasteiger partial charge on any atom is -0.508 e. The number of benzene rings is 3. The van der Waals surface area contributed by atoms with Crippen LogP contribution in [0.15, 0.2) is 60.7 Å². The third-order valence-corrected chi connectivity index (χ3v) is 5.11. The number of methoxy groups -OCH3 is 1. The molecule has 3 aromatic rings. The molecule has 0 fully saturated rings. The molecule has 5 heteroatoms. The van der Waals surface area contributed by atoms with Crippen molar-refractivity contribution in [1.29, 1.82) is 0 Å². The van der Waals surface area contributed by atoms with Crippen molar-refractivity contribution in [1.82, 2.24) is 4.90 Å². The number of phenolic OH excluding ortho intramolecular Hbond substituents is 1. The van der Waals surface area contributed by atoms with Crippen LogP contribution in [0.2, 0.25) is 0 Å². The Balaban J connectivity index is 1.70. The molecule has 148 valence electrons. The van der Waals surface area contributed by atoms with Crippen LogP contribution in [0.5, 0.6) is 17.2 Å². The molecule has 4 rings (SSSR count). The molecular weight excluding hydrogens is 366 g/mol. The van der Waals surface area contributed by atoms with Crippen molar-refractivity contribution >= 4 is 5.91 Å². The van der Waals surface area contributed by atoms with E-state index in [0.29, 0.717) is 36.8 Å². The lowest BCUT2D eigenvalue weighted by atomic mass is 10.0. The fraction of sp³-hybridized carbons (Fsp3) is 0.208. The molecule has 1 aliphatic rings. The average Bonchev–Trinajstić information content (AvgIpc) is 2.96. The van der Waals surface area contributed by atoms with Crippen LogP contribution in [-0.4, -0.2) is 36.2 Å². The van der Waals surface area contributed by atoms with Crippen molar-refractivity contribution in [2.45, 2.75) is 13.5 Å². The smallest absolute Gasteiger partial charge is 0.254 e. The first-order valence-corrected chi connectivity index (χ1v) is 9.54. The molecule has 29 heavy (non-hydrogen) atoms. The Hall–Kier alpha value is -3.47. The fourth-order valence-corrected chi connectivity index (χ4v) is 3.51. The van der Waals surface area contributed by atoms with E-state index in [9.17, 15) is 9.90 Å². The number of hydrogen-bond donors (Lipinski definition) is 1. The summed E-state index contributed by atoms with van der Waals surface area (Å²) in [7, 11) is 1.63. The highest BCUT2D eigenvalue weighted by Gasteiger charge is 2.24. The molecule has 1 N–H and O–H groups in total. The number of hydrogen-bond acceptors (Lipinski definition) is 4. The van der Waals surface area contributed by atoms with Crippen molar-refractivity contribution < 1.29 is 19.4 Å². The quantitative estimate of drug-likeness (QED) is 0.721. The number of amides is 1. The summed E-state index contributed by atoms with van der Waals surface area (Å²) in [5.41, 5.74) is 4.74. The highest BCUT2D eigenvalue weighted by molar-refractivity contribution is 5.94. The van der Waals surface area contributed by atoms with Crippen molar-refractivity contribution in [2.75, 3.05) is 20.3 Å². The number of fused-ring (bicyclic) bond motifs is 1. The Kier molecular flexibility index (Phi) is 5.12. The summed E-state index contributed by atoms with van der Waals surface area (Å²) in [5, 5.41) is 9.48. The molecule has 0 unspecified atom stereocenters. The molecule has 1 amide bonds. The molecule has 1 heterocycles. The number of phenols is 1. The molecule has 0 aromatic heterocycles. The van der Waals surface area contributed by atoms with Crippen LogP contribution in [0.25, 0.3) is 11.1 Å². The Morgan fingerprint density at radius 1 is 1.03 bits per heavy atom. The summed E-state index contributed by atoms with van der Waals surface area (Å²) < 4.78 is 11.5. The SMILES string of the molecule is COc1cc(-c2ccc(C)cc2)cc2c1OCCN(C(=O)c1ccc(O)cc1)C2. The largest absolute Gasteiger partial charge is 0.508 e. The summed E-state index contributed by atoms with van der Waals surface area (Å²) in [6, 6.07) is 18.6. The summed E-state index contributed by atoms with van der Waals surface area (Å²) >= 11 is 0. The summed E-state index contributed by atoms with van der Waals surface area (Å²) in [5.74, 6) is 1.39. The van der Waals surface area contributed by atoms with E-state index >= 15 is 0 Å². The van der Waals surface area contributed by atoms with Crippen LogP contribution < -0.4 is 9.47 Å². The van der Waals surface area contributed by atoms with Crippen LogP contribution in [-0.2, 0) is 6.54 Å². The summed E-state index contributed by atoms with van der Waals surface area (Å²) in [6.45, 7) is 3.33. The lowest BCUT2D eigenvalue weighted by Crippen LogP contribution is -2.32. The summed E-state index contributed by atoms with van der Waals surface area (Å²) in [4.78, 5) is 14.7. The lowest BCUT2D eigenvalue weighted by Gasteiger charge is -2.20. The molecule has 0 spiro atoms. The number of carbonyl (C=O) groups excluding carboxylic acids is 1. The second-order valence-corrected chi connectivity index (χ2v) is 7.15. The van der Waals surface area contributed by atoms with E-state index in [-0.39, 0.29) is 11.7 Å². The Morgan fingerprint density at radius 3 is 2.45 bits per heavy atom. The second-order valence-electron chi connectivity index (χ2n) is 7.15. The maximum Gasteiger partial charge on any atom is 0.254 e. The van der Waals surface area contributed by atoms with Gasteiger partial charge in [-0.05, 0) is 54.4 Å². The molecule has 0 bridgehead atoms. The number of carbonyl (C=O) groups is 1. The van der Waals surface area contributed by atoms with E-state index in [0.717, 1.165) is 16.7 Å². The van der Waals surface area contributed by atoms with Gasteiger partial charge in [0.05, 0.1) is 13.7 Å². The Morgan fingerprint density at radius 2 is 1.76 bits per heavy atom. The molecule has 0 saturated carbocycles. The van der Waals surface area contributed by atoms with Gasteiger partial charge in [-0.3, -0.25) is 4.79 Å². The first-order valence-electron chi connectivity index (χ1n) is 9.54. The van der Waals surface area contributed by atoms with Crippen molar-refractivity contribution in [2.24, 2.45) is 0 Å².